The molecule has 1 fully saturated rings. The highest BCUT2D eigenvalue weighted by Crippen LogP contribution is 2.27. The molecule has 0 aliphatic carbocycles. The van der Waals surface area contributed by atoms with E-state index in [4.69, 9.17) is 5.84 Å². The topological polar surface area (TPSA) is 67.1 Å². The summed E-state index contributed by atoms with van der Waals surface area (Å²) < 4.78 is 0. The lowest BCUT2D eigenvalue weighted by molar-refractivity contribution is 0.322. The van der Waals surface area contributed by atoms with Crippen molar-refractivity contribution in [2.45, 2.75) is 27.2 Å². The van der Waals surface area contributed by atoms with Crippen molar-refractivity contribution in [3.8, 4) is 0 Å². The Morgan fingerprint density at radius 2 is 2.18 bits per heavy atom. The minimum atomic E-state index is 0.483. The smallest absolute Gasteiger partial charge is 0.239 e. The quantitative estimate of drug-likeness (QED) is 0.601. The number of aromatic nitrogens is 2. The Morgan fingerprint density at radius 1 is 1.41 bits per heavy atom. The van der Waals surface area contributed by atoms with E-state index in [2.05, 4.69) is 34.1 Å². The molecule has 3 N–H and O–H groups in total. The molecule has 1 saturated heterocycles. The normalized spacial score (nSPS) is 24.8. The van der Waals surface area contributed by atoms with E-state index in [-0.39, 0.29) is 0 Å². The van der Waals surface area contributed by atoms with Crippen molar-refractivity contribution >= 4 is 11.8 Å². The van der Waals surface area contributed by atoms with Crippen LogP contribution in [-0.2, 0) is 0 Å². The summed E-state index contributed by atoms with van der Waals surface area (Å²) in [5, 5.41) is 0. The summed E-state index contributed by atoms with van der Waals surface area (Å²) in [5.41, 5.74) is 3.61. The van der Waals surface area contributed by atoms with Crippen molar-refractivity contribution in [2.75, 3.05) is 23.4 Å². The second kappa shape index (κ2) is 4.87. The fraction of sp³-hybridized carbons (Fsp3) is 0.667. The van der Waals surface area contributed by atoms with Gasteiger partial charge in [0.15, 0.2) is 0 Å². The molecule has 94 valence electrons. The van der Waals surface area contributed by atoms with Crippen molar-refractivity contribution in [1.29, 1.82) is 0 Å². The number of hydrazine groups is 1. The maximum atomic E-state index is 5.35. The maximum Gasteiger partial charge on any atom is 0.239 e. The van der Waals surface area contributed by atoms with Gasteiger partial charge in [0.2, 0.25) is 5.95 Å². The molecule has 2 rings (SSSR count). The van der Waals surface area contributed by atoms with Gasteiger partial charge in [-0.15, -0.1) is 0 Å². The van der Waals surface area contributed by atoms with E-state index in [0.29, 0.717) is 11.9 Å². The van der Waals surface area contributed by atoms with E-state index < -0.39 is 0 Å². The largest absolute Gasteiger partial charge is 0.356 e. The van der Waals surface area contributed by atoms with Crippen LogP contribution < -0.4 is 16.2 Å². The third-order valence-corrected chi connectivity index (χ3v) is 3.71. The predicted octanol–water partition coefficient (Wildman–Crippen LogP) is 1.55. The summed E-state index contributed by atoms with van der Waals surface area (Å²) in [6, 6.07) is 0. The van der Waals surface area contributed by atoms with Crippen LogP contribution in [0.2, 0.25) is 0 Å². The van der Waals surface area contributed by atoms with Gasteiger partial charge in [0.05, 0.1) is 0 Å². The Morgan fingerprint density at radius 3 is 2.82 bits per heavy atom. The third kappa shape index (κ3) is 2.49. The molecule has 0 amide bonds. The van der Waals surface area contributed by atoms with E-state index >= 15 is 0 Å². The average Bonchev–Trinajstić information content (AvgIpc) is 2.33. The van der Waals surface area contributed by atoms with Crippen LogP contribution in [0.3, 0.4) is 0 Å². The number of nitrogen functional groups attached to an aromatic ring is 1. The highest BCUT2D eigenvalue weighted by Gasteiger charge is 2.24. The Bertz CT molecular complexity index is 392. The molecule has 0 saturated carbocycles. The molecule has 0 bridgehead atoms. The monoisotopic (exact) mass is 235 g/mol. The number of rotatable bonds is 2. The van der Waals surface area contributed by atoms with Gasteiger partial charge in [0.1, 0.15) is 5.82 Å². The van der Waals surface area contributed by atoms with Gasteiger partial charge in [-0.05, 0) is 25.2 Å². The third-order valence-electron chi connectivity index (χ3n) is 3.71. The van der Waals surface area contributed by atoms with Crippen LogP contribution >= 0.6 is 0 Å². The molecule has 0 spiro atoms. The Labute approximate surface area is 102 Å². The molecular weight excluding hydrogens is 214 g/mol. The zero-order valence-electron chi connectivity index (χ0n) is 10.8. The van der Waals surface area contributed by atoms with Crippen molar-refractivity contribution in [2.24, 2.45) is 17.7 Å². The Hall–Kier alpha value is -1.36. The first kappa shape index (κ1) is 12.1. The summed E-state index contributed by atoms with van der Waals surface area (Å²) in [5.74, 6) is 8.34. The van der Waals surface area contributed by atoms with E-state index in [0.717, 1.165) is 30.4 Å². The van der Waals surface area contributed by atoms with Gasteiger partial charge in [0.25, 0.3) is 0 Å². The van der Waals surface area contributed by atoms with Crippen LogP contribution in [0.25, 0.3) is 0 Å². The van der Waals surface area contributed by atoms with E-state index in [9.17, 15) is 0 Å². The summed E-state index contributed by atoms with van der Waals surface area (Å²) >= 11 is 0. The molecule has 2 unspecified atom stereocenters. The van der Waals surface area contributed by atoms with Crippen molar-refractivity contribution in [3.05, 3.63) is 11.8 Å². The molecule has 0 radical (unpaired) electrons. The number of nitrogens with one attached hydrogen (secondary N) is 1. The minimum Gasteiger partial charge on any atom is -0.356 e. The molecule has 2 heterocycles. The molecule has 1 aliphatic heterocycles. The summed E-state index contributed by atoms with van der Waals surface area (Å²) in [7, 11) is 0. The number of nitrogens with zero attached hydrogens (tertiary/aromatic N) is 3. The Kier molecular flexibility index (Phi) is 3.47. The first-order valence-electron chi connectivity index (χ1n) is 6.17. The predicted molar refractivity (Wildman–Crippen MR) is 69.7 cm³/mol. The highest BCUT2D eigenvalue weighted by atomic mass is 15.3. The van der Waals surface area contributed by atoms with Crippen molar-refractivity contribution < 1.29 is 0 Å². The number of hydrogen-bond acceptors (Lipinski definition) is 5. The summed E-state index contributed by atoms with van der Waals surface area (Å²) in [6.07, 6.45) is 3.04. The fourth-order valence-corrected chi connectivity index (χ4v) is 2.28. The van der Waals surface area contributed by atoms with Gasteiger partial charge in [-0.2, -0.15) is 4.98 Å². The lowest BCUT2D eigenvalue weighted by Crippen LogP contribution is -2.39. The highest BCUT2D eigenvalue weighted by molar-refractivity contribution is 5.49. The van der Waals surface area contributed by atoms with Crippen LogP contribution in [0.15, 0.2) is 6.20 Å². The zero-order chi connectivity index (χ0) is 12.4. The zero-order valence-corrected chi connectivity index (χ0v) is 10.8. The van der Waals surface area contributed by atoms with Crippen LogP contribution in [0.5, 0.6) is 0 Å². The molecule has 1 aromatic heterocycles. The average molecular weight is 235 g/mol. The van der Waals surface area contributed by atoms with Gasteiger partial charge in [-0.3, -0.25) is 5.43 Å². The number of hydrogen-bond donors (Lipinski definition) is 2. The molecule has 5 nitrogen and oxygen atoms in total. The van der Waals surface area contributed by atoms with Crippen molar-refractivity contribution in [1.82, 2.24) is 9.97 Å². The fourth-order valence-electron chi connectivity index (χ4n) is 2.28. The molecule has 2 atom stereocenters. The van der Waals surface area contributed by atoms with Gasteiger partial charge in [-0.25, -0.2) is 10.8 Å². The number of anilines is 2. The molecule has 17 heavy (non-hydrogen) atoms. The van der Waals surface area contributed by atoms with Crippen LogP contribution in [0.1, 0.15) is 25.8 Å². The van der Waals surface area contributed by atoms with E-state index in [1.54, 1.807) is 0 Å². The first-order chi connectivity index (χ1) is 8.11. The Balaban J connectivity index is 2.21. The number of aryl methyl sites for hydroxylation is 1. The SMILES string of the molecule is Cc1cnc(NN)nc1N1CCC(C)C(C)C1. The van der Waals surface area contributed by atoms with Gasteiger partial charge in [0, 0.05) is 24.8 Å². The second-order valence-electron chi connectivity index (χ2n) is 5.03. The minimum absolute atomic E-state index is 0.483. The van der Waals surface area contributed by atoms with Crippen LogP contribution in [-0.4, -0.2) is 23.1 Å². The molecule has 1 aromatic rings. The summed E-state index contributed by atoms with van der Waals surface area (Å²) in [4.78, 5) is 10.9. The standard InChI is InChI=1S/C12H21N5/c1-8-4-5-17(7-10(8)3)11-9(2)6-14-12(15-11)16-13/h6,8,10H,4-5,7,13H2,1-3H3,(H,14,15,16). The van der Waals surface area contributed by atoms with E-state index in [1.165, 1.54) is 6.42 Å². The van der Waals surface area contributed by atoms with Crippen LogP contribution in [0.4, 0.5) is 11.8 Å². The molecule has 1 aliphatic rings. The molecule has 5 heteroatoms. The van der Waals surface area contributed by atoms with Crippen molar-refractivity contribution in [3.63, 3.8) is 0 Å². The number of piperidine rings is 1. The molecular formula is C12H21N5. The summed E-state index contributed by atoms with van der Waals surface area (Å²) in [6.45, 7) is 8.78. The second-order valence-corrected chi connectivity index (χ2v) is 5.03. The van der Waals surface area contributed by atoms with Gasteiger partial charge >= 0.3 is 0 Å². The lowest BCUT2D eigenvalue weighted by atomic mass is 9.88. The van der Waals surface area contributed by atoms with Gasteiger partial charge < -0.3 is 4.90 Å². The van der Waals surface area contributed by atoms with Crippen LogP contribution in [0, 0.1) is 18.8 Å². The lowest BCUT2D eigenvalue weighted by Gasteiger charge is -2.36. The van der Waals surface area contributed by atoms with E-state index in [1.807, 2.05) is 13.1 Å². The van der Waals surface area contributed by atoms with Gasteiger partial charge in [-0.1, -0.05) is 13.8 Å². The first-order valence-corrected chi connectivity index (χ1v) is 6.17. The number of nitrogens with two attached hydrogens (primary N) is 1. The maximum absolute atomic E-state index is 5.35. The molecule has 0 aromatic carbocycles.